The number of nitrogens with zero attached hydrogens (tertiary/aromatic N) is 2. The van der Waals surface area contributed by atoms with Crippen LogP contribution in [0.15, 0.2) is 66.9 Å². The number of benzene rings is 2. The van der Waals surface area contributed by atoms with Gasteiger partial charge >= 0.3 is 5.97 Å². The predicted octanol–water partition coefficient (Wildman–Crippen LogP) is 4.40. The molecule has 0 saturated carbocycles. The molecule has 30 heavy (non-hydrogen) atoms. The van der Waals surface area contributed by atoms with E-state index in [-0.39, 0.29) is 16.7 Å². The smallest absolute Gasteiger partial charge is 0.343 e. The van der Waals surface area contributed by atoms with Crippen LogP contribution < -0.4 is 9.64 Å². The van der Waals surface area contributed by atoms with Gasteiger partial charge in [-0.25, -0.2) is 9.69 Å². The molecule has 0 bridgehead atoms. The van der Waals surface area contributed by atoms with Crippen molar-refractivity contribution in [2.75, 3.05) is 4.90 Å². The maximum absolute atomic E-state index is 12.5. The molecule has 0 aliphatic carbocycles. The third-order valence-corrected chi connectivity index (χ3v) is 4.94. The van der Waals surface area contributed by atoms with Crippen molar-refractivity contribution in [3.63, 3.8) is 0 Å². The molecule has 2 amide bonds. The molecule has 150 valence electrons. The van der Waals surface area contributed by atoms with Crippen LogP contribution in [0.3, 0.4) is 0 Å². The average molecular weight is 400 g/mol. The molecule has 0 unspecified atom stereocenters. The summed E-state index contributed by atoms with van der Waals surface area (Å²) in [6.45, 7) is 6.33. The van der Waals surface area contributed by atoms with Crippen LogP contribution in [-0.2, 0) is 5.41 Å². The first-order valence-corrected chi connectivity index (χ1v) is 9.52. The van der Waals surface area contributed by atoms with E-state index < -0.39 is 17.8 Å². The molecule has 6 nitrogen and oxygen atoms in total. The van der Waals surface area contributed by atoms with E-state index in [4.69, 9.17) is 4.74 Å². The molecule has 0 atom stereocenters. The van der Waals surface area contributed by atoms with Gasteiger partial charge < -0.3 is 4.74 Å². The van der Waals surface area contributed by atoms with Gasteiger partial charge in [-0.05, 0) is 59.5 Å². The molecule has 1 aliphatic rings. The summed E-state index contributed by atoms with van der Waals surface area (Å²) in [5, 5.41) is 0. The number of ether oxygens (including phenoxy) is 1. The Balaban J connectivity index is 1.49. The van der Waals surface area contributed by atoms with Crippen LogP contribution in [0.1, 0.15) is 57.5 Å². The fraction of sp³-hybridized carbons (Fsp3) is 0.167. The largest absolute Gasteiger partial charge is 0.423 e. The zero-order chi connectivity index (χ0) is 21.5. The molecule has 0 spiro atoms. The van der Waals surface area contributed by atoms with Gasteiger partial charge in [0, 0.05) is 6.20 Å². The van der Waals surface area contributed by atoms with E-state index in [2.05, 4.69) is 25.8 Å². The highest BCUT2D eigenvalue weighted by molar-refractivity contribution is 6.33. The predicted molar refractivity (Wildman–Crippen MR) is 112 cm³/mol. The van der Waals surface area contributed by atoms with Gasteiger partial charge in [0.05, 0.1) is 16.8 Å². The second-order valence-electron chi connectivity index (χ2n) is 8.06. The van der Waals surface area contributed by atoms with E-state index in [9.17, 15) is 14.4 Å². The standard InChI is InChI=1S/C24H20N2O4/c1-24(2,3)16-8-12-18(13-9-16)30-23(29)15-6-10-17(11-7-15)26-21(27)19-5-4-14-25-20(19)22(26)28/h4-14H,1-3H3. The van der Waals surface area contributed by atoms with Crippen LogP contribution in [-0.4, -0.2) is 22.8 Å². The minimum atomic E-state index is -0.519. The highest BCUT2D eigenvalue weighted by Crippen LogP contribution is 2.28. The molecule has 4 rings (SSSR count). The van der Waals surface area contributed by atoms with Gasteiger partial charge in [-0.2, -0.15) is 0 Å². The van der Waals surface area contributed by atoms with Crippen LogP contribution in [0.2, 0.25) is 0 Å². The fourth-order valence-corrected chi connectivity index (χ4v) is 3.24. The summed E-state index contributed by atoms with van der Waals surface area (Å²) in [5.41, 5.74) is 2.23. The molecule has 1 aromatic heterocycles. The number of rotatable bonds is 3. The van der Waals surface area contributed by atoms with Gasteiger partial charge in [-0.15, -0.1) is 0 Å². The Morgan fingerprint density at radius 3 is 2.17 bits per heavy atom. The van der Waals surface area contributed by atoms with Crippen molar-refractivity contribution in [2.45, 2.75) is 26.2 Å². The third kappa shape index (κ3) is 3.48. The maximum atomic E-state index is 12.5. The lowest BCUT2D eigenvalue weighted by atomic mass is 9.87. The molecule has 6 heteroatoms. The van der Waals surface area contributed by atoms with Crippen molar-refractivity contribution >= 4 is 23.5 Å². The first-order valence-electron chi connectivity index (χ1n) is 9.52. The third-order valence-electron chi connectivity index (χ3n) is 4.94. The van der Waals surface area contributed by atoms with Gasteiger partial charge in [-0.1, -0.05) is 32.9 Å². The summed E-state index contributed by atoms with van der Waals surface area (Å²) in [7, 11) is 0. The molecule has 0 saturated heterocycles. The Hall–Kier alpha value is -3.80. The van der Waals surface area contributed by atoms with Crippen molar-refractivity contribution in [3.8, 4) is 5.75 Å². The lowest BCUT2D eigenvalue weighted by molar-refractivity contribution is 0.0734. The van der Waals surface area contributed by atoms with Crippen LogP contribution in [0.25, 0.3) is 0 Å². The second kappa shape index (κ2) is 7.22. The van der Waals surface area contributed by atoms with Gasteiger partial charge in [0.25, 0.3) is 11.8 Å². The number of aromatic nitrogens is 1. The zero-order valence-electron chi connectivity index (χ0n) is 16.9. The molecular weight excluding hydrogens is 380 g/mol. The van der Waals surface area contributed by atoms with E-state index in [0.29, 0.717) is 17.0 Å². The molecule has 2 aromatic carbocycles. The van der Waals surface area contributed by atoms with Crippen LogP contribution in [0.4, 0.5) is 5.69 Å². The number of anilines is 1. The Labute approximate surface area is 174 Å². The van der Waals surface area contributed by atoms with E-state index in [0.717, 1.165) is 10.5 Å². The molecular formula is C24H20N2O4. The van der Waals surface area contributed by atoms with E-state index in [1.165, 1.54) is 18.3 Å². The second-order valence-corrected chi connectivity index (χ2v) is 8.06. The summed E-state index contributed by atoms with van der Waals surface area (Å²) in [6.07, 6.45) is 1.47. The number of fused-ring (bicyclic) bond motifs is 1. The monoisotopic (exact) mass is 400 g/mol. The van der Waals surface area contributed by atoms with E-state index in [1.54, 1.807) is 36.4 Å². The maximum Gasteiger partial charge on any atom is 0.343 e. The number of imide groups is 1. The fourth-order valence-electron chi connectivity index (χ4n) is 3.24. The summed E-state index contributed by atoms with van der Waals surface area (Å²) in [4.78, 5) is 42.6. The Kier molecular flexibility index (Phi) is 4.70. The number of amides is 2. The number of hydrogen-bond acceptors (Lipinski definition) is 5. The van der Waals surface area contributed by atoms with Crippen LogP contribution in [0, 0.1) is 0 Å². The van der Waals surface area contributed by atoms with Crippen molar-refractivity contribution in [3.05, 3.63) is 89.2 Å². The average Bonchev–Trinajstić information content (AvgIpc) is 2.98. The van der Waals surface area contributed by atoms with Gasteiger partial charge in [-0.3, -0.25) is 14.6 Å². The minimum Gasteiger partial charge on any atom is -0.423 e. The number of esters is 1. The Morgan fingerprint density at radius 2 is 1.57 bits per heavy atom. The first kappa shape index (κ1) is 19.5. The lowest BCUT2D eigenvalue weighted by Crippen LogP contribution is -2.29. The van der Waals surface area contributed by atoms with Gasteiger partial charge in [0.1, 0.15) is 11.4 Å². The first-order chi connectivity index (χ1) is 14.3. The quantitative estimate of drug-likeness (QED) is 0.370. The Morgan fingerprint density at radius 1 is 0.900 bits per heavy atom. The minimum absolute atomic E-state index is 0.0119. The zero-order valence-corrected chi connectivity index (χ0v) is 16.9. The summed E-state index contributed by atoms with van der Waals surface area (Å²) in [5.74, 6) is -0.986. The van der Waals surface area contributed by atoms with Crippen molar-refractivity contribution in [2.24, 2.45) is 0 Å². The summed E-state index contributed by atoms with van der Waals surface area (Å²) >= 11 is 0. The van der Waals surface area contributed by atoms with Gasteiger partial charge in [0.15, 0.2) is 0 Å². The number of carbonyl (C=O) groups excluding carboxylic acids is 3. The SMILES string of the molecule is CC(C)(C)c1ccc(OC(=O)c2ccc(N3C(=O)c4cccnc4C3=O)cc2)cc1. The summed E-state index contributed by atoms with van der Waals surface area (Å²) in [6, 6.07) is 16.7. The molecule has 0 N–H and O–H groups in total. The van der Waals surface area contributed by atoms with Crippen LogP contribution >= 0.6 is 0 Å². The number of carbonyl (C=O) groups is 3. The Bertz CT molecular complexity index is 1110. The topological polar surface area (TPSA) is 76.6 Å². The summed E-state index contributed by atoms with van der Waals surface area (Å²) < 4.78 is 5.43. The number of pyridine rings is 1. The van der Waals surface area contributed by atoms with E-state index >= 15 is 0 Å². The molecule has 3 aromatic rings. The van der Waals surface area contributed by atoms with Crippen molar-refractivity contribution < 1.29 is 19.1 Å². The highest BCUT2D eigenvalue weighted by atomic mass is 16.5. The molecule has 0 radical (unpaired) electrons. The van der Waals surface area contributed by atoms with Crippen molar-refractivity contribution in [1.82, 2.24) is 4.98 Å². The number of hydrogen-bond donors (Lipinski definition) is 0. The molecule has 1 aliphatic heterocycles. The molecule has 2 heterocycles. The van der Waals surface area contributed by atoms with E-state index in [1.807, 2.05) is 12.1 Å². The highest BCUT2D eigenvalue weighted by Gasteiger charge is 2.37. The van der Waals surface area contributed by atoms with Crippen molar-refractivity contribution in [1.29, 1.82) is 0 Å². The normalized spacial score (nSPS) is 13.4. The van der Waals surface area contributed by atoms with Crippen LogP contribution in [0.5, 0.6) is 5.75 Å². The lowest BCUT2D eigenvalue weighted by Gasteiger charge is -2.19. The molecule has 0 fully saturated rings. The van der Waals surface area contributed by atoms with Gasteiger partial charge in [0.2, 0.25) is 0 Å².